The minimum Gasteiger partial charge on any atom is -0.495 e. The molecular weight excluding hydrogens is 214 g/mol. The van der Waals surface area contributed by atoms with Crippen LogP contribution in [-0.4, -0.2) is 26.9 Å². The molecule has 1 aromatic carbocycles. The predicted octanol–water partition coefficient (Wildman–Crippen LogP) is 2.01. The van der Waals surface area contributed by atoms with Gasteiger partial charge in [0.1, 0.15) is 5.75 Å². The molecule has 1 aliphatic rings. The summed E-state index contributed by atoms with van der Waals surface area (Å²) in [6, 6.07) is 6.04. The van der Waals surface area contributed by atoms with Crippen molar-refractivity contribution in [1.29, 1.82) is 0 Å². The molecule has 0 spiro atoms. The van der Waals surface area contributed by atoms with E-state index >= 15 is 0 Å². The molecule has 1 aliphatic heterocycles. The zero-order valence-electron chi connectivity index (χ0n) is 8.63. The van der Waals surface area contributed by atoms with Gasteiger partial charge in [-0.3, -0.25) is 0 Å². The molecule has 3 nitrogen and oxygen atoms in total. The molecule has 1 heterocycles. The van der Waals surface area contributed by atoms with E-state index in [4.69, 9.17) is 21.1 Å². The number of morpholine rings is 1. The Hall–Kier alpha value is -0.770. The minimum atomic E-state index is 0.241. The molecule has 1 saturated heterocycles. The maximum absolute atomic E-state index is 5.96. The van der Waals surface area contributed by atoms with Gasteiger partial charge in [-0.25, -0.2) is 0 Å². The van der Waals surface area contributed by atoms with Gasteiger partial charge < -0.3 is 14.8 Å². The largest absolute Gasteiger partial charge is 0.495 e. The molecule has 4 heteroatoms. The van der Waals surface area contributed by atoms with Crippen LogP contribution in [0.4, 0.5) is 0 Å². The van der Waals surface area contributed by atoms with E-state index in [0.29, 0.717) is 17.4 Å². The zero-order valence-corrected chi connectivity index (χ0v) is 9.38. The number of nitrogens with one attached hydrogen (secondary N) is 1. The molecule has 1 atom stereocenters. The third-order valence-corrected chi connectivity index (χ3v) is 2.81. The van der Waals surface area contributed by atoms with Gasteiger partial charge in [-0.2, -0.15) is 0 Å². The number of halogens is 1. The van der Waals surface area contributed by atoms with Gasteiger partial charge in [0.05, 0.1) is 31.4 Å². The average Bonchev–Trinajstić information content (AvgIpc) is 2.31. The molecule has 0 aromatic heterocycles. The number of methoxy groups -OCH3 is 1. The molecule has 0 bridgehead atoms. The summed E-state index contributed by atoms with van der Waals surface area (Å²) in [7, 11) is 1.62. The fraction of sp³-hybridized carbons (Fsp3) is 0.455. The van der Waals surface area contributed by atoms with Crippen molar-refractivity contribution in [1.82, 2.24) is 5.32 Å². The van der Waals surface area contributed by atoms with E-state index < -0.39 is 0 Å². The van der Waals surface area contributed by atoms with Crippen LogP contribution in [0.25, 0.3) is 0 Å². The molecule has 0 amide bonds. The van der Waals surface area contributed by atoms with Crippen molar-refractivity contribution in [3.05, 3.63) is 28.8 Å². The van der Waals surface area contributed by atoms with E-state index in [1.807, 2.05) is 18.2 Å². The summed E-state index contributed by atoms with van der Waals surface area (Å²) >= 11 is 5.96. The Morgan fingerprint density at radius 2 is 2.40 bits per heavy atom. The van der Waals surface area contributed by atoms with Crippen LogP contribution in [0.5, 0.6) is 5.75 Å². The van der Waals surface area contributed by atoms with Gasteiger partial charge in [0, 0.05) is 6.54 Å². The Morgan fingerprint density at radius 3 is 3.07 bits per heavy atom. The van der Waals surface area contributed by atoms with Gasteiger partial charge in [-0.15, -0.1) is 0 Å². The fourth-order valence-corrected chi connectivity index (χ4v) is 1.87. The van der Waals surface area contributed by atoms with E-state index in [1.165, 1.54) is 0 Å². The first-order chi connectivity index (χ1) is 7.31. The van der Waals surface area contributed by atoms with E-state index in [9.17, 15) is 0 Å². The van der Waals surface area contributed by atoms with Crippen LogP contribution in [0.1, 0.15) is 11.6 Å². The first-order valence-corrected chi connectivity index (χ1v) is 5.33. The molecule has 0 saturated carbocycles. The molecule has 82 valence electrons. The lowest BCUT2D eigenvalue weighted by Gasteiger charge is -2.24. The second-order valence-electron chi connectivity index (χ2n) is 3.48. The Labute approximate surface area is 94.3 Å². The Morgan fingerprint density at radius 1 is 1.53 bits per heavy atom. The van der Waals surface area contributed by atoms with Crippen LogP contribution in [0.3, 0.4) is 0 Å². The highest BCUT2D eigenvalue weighted by atomic mass is 35.5. The molecule has 1 N–H and O–H groups in total. The first kappa shape index (κ1) is 10.7. The minimum absolute atomic E-state index is 0.241. The van der Waals surface area contributed by atoms with Crippen molar-refractivity contribution >= 4 is 11.6 Å². The van der Waals surface area contributed by atoms with Crippen molar-refractivity contribution < 1.29 is 9.47 Å². The monoisotopic (exact) mass is 227 g/mol. The van der Waals surface area contributed by atoms with Crippen molar-refractivity contribution in [3.63, 3.8) is 0 Å². The maximum atomic E-state index is 5.96. The zero-order chi connectivity index (χ0) is 10.7. The number of hydrogen-bond acceptors (Lipinski definition) is 3. The van der Waals surface area contributed by atoms with Gasteiger partial charge in [0.15, 0.2) is 0 Å². The van der Waals surface area contributed by atoms with E-state index in [-0.39, 0.29) is 6.04 Å². The molecule has 1 aromatic rings. The Kier molecular flexibility index (Phi) is 3.46. The number of benzene rings is 1. The lowest BCUT2D eigenvalue weighted by atomic mass is 10.1. The number of ether oxygens (including phenoxy) is 2. The number of hydrogen-bond donors (Lipinski definition) is 1. The highest BCUT2D eigenvalue weighted by molar-refractivity contribution is 6.32. The topological polar surface area (TPSA) is 30.5 Å². The van der Waals surface area contributed by atoms with Gasteiger partial charge in [0.25, 0.3) is 0 Å². The summed E-state index contributed by atoms with van der Waals surface area (Å²) in [5.41, 5.74) is 1.15. The molecule has 0 aliphatic carbocycles. The van der Waals surface area contributed by atoms with Crippen molar-refractivity contribution in [2.45, 2.75) is 6.04 Å². The van der Waals surface area contributed by atoms with Gasteiger partial charge in [-0.1, -0.05) is 17.7 Å². The normalized spacial score (nSPS) is 21.3. The summed E-state index contributed by atoms with van der Waals surface area (Å²) in [6.07, 6.45) is 0. The van der Waals surface area contributed by atoms with E-state index in [0.717, 1.165) is 18.7 Å². The lowest BCUT2D eigenvalue weighted by molar-refractivity contribution is 0.0768. The van der Waals surface area contributed by atoms with Crippen molar-refractivity contribution in [3.8, 4) is 5.75 Å². The SMILES string of the molecule is COc1cc([C@H]2COCCN2)ccc1Cl. The van der Waals surface area contributed by atoms with Crippen molar-refractivity contribution in [2.24, 2.45) is 0 Å². The summed E-state index contributed by atoms with van der Waals surface area (Å²) < 4.78 is 10.6. The Balaban J connectivity index is 2.20. The molecule has 1 fully saturated rings. The average molecular weight is 228 g/mol. The quantitative estimate of drug-likeness (QED) is 0.839. The molecule has 0 radical (unpaired) electrons. The van der Waals surface area contributed by atoms with Crippen LogP contribution in [0.2, 0.25) is 5.02 Å². The summed E-state index contributed by atoms with van der Waals surface area (Å²) in [5, 5.41) is 4.02. The van der Waals surface area contributed by atoms with E-state index in [1.54, 1.807) is 7.11 Å². The standard InChI is InChI=1S/C11H14ClNO2/c1-14-11-6-8(2-3-9(11)12)10-7-15-5-4-13-10/h2-3,6,10,13H,4-5,7H2,1H3/t10-/m1/s1. The van der Waals surface area contributed by atoms with Gasteiger partial charge >= 0.3 is 0 Å². The first-order valence-electron chi connectivity index (χ1n) is 4.96. The third kappa shape index (κ3) is 2.43. The molecule has 15 heavy (non-hydrogen) atoms. The van der Waals surface area contributed by atoms with Gasteiger partial charge in [0.2, 0.25) is 0 Å². The highest BCUT2D eigenvalue weighted by Gasteiger charge is 2.16. The second-order valence-corrected chi connectivity index (χ2v) is 3.88. The maximum Gasteiger partial charge on any atom is 0.137 e. The van der Waals surface area contributed by atoms with Crippen LogP contribution in [-0.2, 0) is 4.74 Å². The van der Waals surface area contributed by atoms with Crippen LogP contribution < -0.4 is 10.1 Å². The smallest absolute Gasteiger partial charge is 0.137 e. The molecule has 2 rings (SSSR count). The molecular formula is C11H14ClNO2. The van der Waals surface area contributed by atoms with Crippen LogP contribution in [0.15, 0.2) is 18.2 Å². The summed E-state index contributed by atoms with van der Waals surface area (Å²) in [6.45, 7) is 2.36. The predicted molar refractivity (Wildman–Crippen MR) is 59.6 cm³/mol. The van der Waals surface area contributed by atoms with Crippen molar-refractivity contribution in [2.75, 3.05) is 26.9 Å². The summed E-state index contributed by atoms with van der Waals surface area (Å²) in [5.74, 6) is 0.710. The van der Waals surface area contributed by atoms with E-state index in [2.05, 4.69) is 5.32 Å². The summed E-state index contributed by atoms with van der Waals surface area (Å²) in [4.78, 5) is 0. The fourth-order valence-electron chi connectivity index (χ4n) is 1.67. The third-order valence-electron chi connectivity index (χ3n) is 2.50. The number of rotatable bonds is 2. The van der Waals surface area contributed by atoms with Crippen LogP contribution >= 0.6 is 11.6 Å². The lowest BCUT2D eigenvalue weighted by Crippen LogP contribution is -2.34. The Bertz CT molecular complexity index is 337. The van der Waals surface area contributed by atoms with Gasteiger partial charge in [-0.05, 0) is 17.7 Å². The van der Waals surface area contributed by atoms with Crippen LogP contribution in [0, 0.1) is 0 Å². The highest BCUT2D eigenvalue weighted by Crippen LogP contribution is 2.28. The molecule has 0 unspecified atom stereocenters. The second kappa shape index (κ2) is 4.84.